The molecular formula is C23H23FN4O4. The molecule has 0 spiro atoms. The molecular weight excluding hydrogens is 415 g/mol. The van der Waals surface area contributed by atoms with Crippen LogP contribution in [0.1, 0.15) is 28.9 Å². The molecule has 32 heavy (non-hydrogen) atoms. The lowest BCUT2D eigenvalue weighted by Crippen LogP contribution is -2.29. The molecule has 2 aliphatic rings. The molecule has 0 unspecified atom stereocenters. The Kier molecular flexibility index (Phi) is 4.69. The minimum atomic E-state index is -1.38. The number of nitrogens with one attached hydrogen (secondary N) is 1. The number of nitrogens with two attached hydrogens (primary N) is 1. The predicted octanol–water partition coefficient (Wildman–Crippen LogP) is 2.85. The Morgan fingerprint density at radius 1 is 1.38 bits per heavy atom. The number of carboxylic acids is 1. The van der Waals surface area contributed by atoms with E-state index in [4.69, 9.17) is 10.5 Å². The number of aromatic nitrogens is 1. The number of nitrogen functional groups attached to an aromatic ring is 1. The molecule has 0 radical (unpaired) electrons. The molecule has 0 saturated heterocycles. The summed E-state index contributed by atoms with van der Waals surface area (Å²) in [7, 11) is 0. The molecule has 0 amide bonds. The van der Waals surface area contributed by atoms with E-state index in [0.717, 1.165) is 13.0 Å². The molecule has 0 fully saturated rings. The van der Waals surface area contributed by atoms with Gasteiger partial charge in [-0.3, -0.25) is 4.79 Å². The smallest absolute Gasteiger partial charge is 0.341 e. The van der Waals surface area contributed by atoms with Gasteiger partial charge in [0.1, 0.15) is 17.9 Å². The summed E-state index contributed by atoms with van der Waals surface area (Å²) in [6, 6.07) is 7.95. The Labute approximate surface area is 183 Å². The molecule has 9 heteroatoms. The Hall–Kier alpha value is -3.75. The summed E-state index contributed by atoms with van der Waals surface area (Å²) in [6.45, 7) is 4.01. The van der Waals surface area contributed by atoms with Gasteiger partial charge in [-0.15, -0.1) is 0 Å². The first-order chi connectivity index (χ1) is 15.4. The topological polar surface area (TPSA) is 110 Å². The number of nitrogens with zero attached hydrogens (tertiary/aromatic N) is 2. The highest BCUT2D eigenvalue weighted by atomic mass is 19.1. The summed E-state index contributed by atoms with van der Waals surface area (Å²) in [5, 5.41) is 12.4. The standard InChI is InChI=1S/C23H23FN4O4/c1-12-11-32-22-19(26-7-9-27-8-6-13-4-2-3-5-15(13)27)17(24)18(25)16-20(22)28(12)10-14(21(16)29)23(30)31/h2-5,10,12,26H,6-9,11,25H2,1H3,(H,30,31)/t12-/m0/s1. The quantitative estimate of drug-likeness (QED) is 0.526. The molecule has 4 N–H and O–H groups in total. The van der Waals surface area contributed by atoms with Gasteiger partial charge in [0.25, 0.3) is 0 Å². The van der Waals surface area contributed by atoms with Crippen LogP contribution in [0.5, 0.6) is 5.75 Å². The van der Waals surface area contributed by atoms with E-state index in [2.05, 4.69) is 22.3 Å². The fourth-order valence-corrected chi connectivity index (χ4v) is 4.61. The van der Waals surface area contributed by atoms with Gasteiger partial charge in [0.2, 0.25) is 5.43 Å². The molecule has 5 rings (SSSR count). The minimum Gasteiger partial charge on any atom is -0.487 e. The highest BCUT2D eigenvalue weighted by molar-refractivity contribution is 6.03. The lowest BCUT2D eigenvalue weighted by molar-refractivity contribution is 0.0694. The maximum absolute atomic E-state index is 15.3. The summed E-state index contributed by atoms with van der Waals surface area (Å²) >= 11 is 0. The molecule has 3 heterocycles. The van der Waals surface area contributed by atoms with Crippen LogP contribution in [0.15, 0.2) is 35.3 Å². The molecule has 0 aliphatic carbocycles. The number of aromatic carboxylic acids is 1. The molecule has 1 aromatic heterocycles. The van der Waals surface area contributed by atoms with E-state index < -0.39 is 22.8 Å². The van der Waals surface area contributed by atoms with Crippen molar-refractivity contribution in [2.45, 2.75) is 19.4 Å². The summed E-state index contributed by atoms with van der Waals surface area (Å²) in [4.78, 5) is 26.6. The van der Waals surface area contributed by atoms with Gasteiger partial charge in [0.05, 0.1) is 22.6 Å². The molecule has 2 aliphatic heterocycles. The van der Waals surface area contributed by atoms with Crippen LogP contribution in [-0.2, 0) is 6.42 Å². The van der Waals surface area contributed by atoms with E-state index in [1.807, 2.05) is 19.1 Å². The first kappa shape index (κ1) is 20.2. The summed E-state index contributed by atoms with van der Waals surface area (Å²) in [6.07, 6.45) is 2.25. The lowest BCUT2D eigenvalue weighted by Gasteiger charge is -2.29. The Morgan fingerprint density at radius 3 is 2.94 bits per heavy atom. The molecule has 0 bridgehead atoms. The van der Waals surface area contributed by atoms with Crippen molar-refractivity contribution in [2.24, 2.45) is 0 Å². The molecule has 8 nitrogen and oxygen atoms in total. The van der Waals surface area contributed by atoms with E-state index >= 15 is 4.39 Å². The van der Waals surface area contributed by atoms with Crippen LogP contribution in [-0.4, -0.2) is 41.9 Å². The average Bonchev–Trinajstić information content (AvgIpc) is 3.19. The number of halogens is 1. The number of carboxylic acid groups (broad SMARTS) is 1. The van der Waals surface area contributed by atoms with E-state index in [0.29, 0.717) is 18.6 Å². The summed E-state index contributed by atoms with van der Waals surface area (Å²) in [5.41, 5.74) is 7.24. The Morgan fingerprint density at radius 2 is 2.16 bits per heavy atom. The van der Waals surface area contributed by atoms with Crippen molar-refractivity contribution in [2.75, 3.05) is 42.2 Å². The normalized spacial score (nSPS) is 16.7. The first-order valence-electron chi connectivity index (χ1n) is 10.5. The van der Waals surface area contributed by atoms with Gasteiger partial charge in [-0.05, 0) is 25.0 Å². The van der Waals surface area contributed by atoms with Gasteiger partial charge in [-0.2, -0.15) is 0 Å². The Bertz CT molecular complexity index is 1320. The average molecular weight is 438 g/mol. The fraction of sp³-hybridized carbons (Fsp3) is 0.304. The van der Waals surface area contributed by atoms with Crippen molar-refractivity contribution in [1.29, 1.82) is 0 Å². The van der Waals surface area contributed by atoms with Crippen molar-refractivity contribution in [3.05, 3.63) is 57.6 Å². The SMILES string of the molecule is C[C@H]1COc2c(NCCN3CCc4ccccc43)c(F)c(N)c3c(=O)c(C(=O)O)cn1c23. The van der Waals surface area contributed by atoms with E-state index in [-0.39, 0.29) is 35.2 Å². The highest BCUT2D eigenvalue weighted by Crippen LogP contribution is 2.43. The Balaban J connectivity index is 1.54. The summed E-state index contributed by atoms with van der Waals surface area (Å²) < 4.78 is 22.8. The third kappa shape index (κ3) is 2.96. The molecule has 3 aromatic rings. The van der Waals surface area contributed by atoms with Gasteiger partial charge in [-0.1, -0.05) is 18.2 Å². The van der Waals surface area contributed by atoms with Crippen LogP contribution in [0.4, 0.5) is 21.5 Å². The lowest BCUT2D eigenvalue weighted by atomic mass is 10.0. The second-order valence-electron chi connectivity index (χ2n) is 8.19. The van der Waals surface area contributed by atoms with Gasteiger partial charge < -0.3 is 30.4 Å². The zero-order chi connectivity index (χ0) is 22.6. The second kappa shape index (κ2) is 7.44. The number of ether oxygens (including phenoxy) is 1. The number of benzene rings is 2. The van der Waals surface area contributed by atoms with Crippen LogP contribution in [0.2, 0.25) is 0 Å². The van der Waals surface area contributed by atoms with Crippen molar-refractivity contribution in [3.63, 3.8) is 0 Å². The van der Waals surface area contributed by atoms with Crippen LogP contribution in [0.3, 0.4) is 0 Å². The zero-order valence-electron chi connectivity index (χ0n) is 17.5. The maximum atomic E-state index is 15.3. The molecule has 0 saturated carbocycles. The molecule has 1 atom stereocenters. The van der Waals surface area contributed by atoms with Crippen molar-refractivity contribution < 1.29 is 19.0 Å². The highest BCUT2D eigenvalue weighted by Gasteiger charge is 2.30. The number of fused-ring (bicyclic) bond motifs is 1. The monoisotopic (exact) mass is 438 g/mol. The third-order valence-corrected chi connectivity index (χ3v) is 6.24. The number of anilines is 3. The van der Waals surface area contributed by atoms with E-state index in [1.165, 1.54) is 17.4 Å². The zero-order valence-corrected chi connectivity index (χ0v) is 17.5. The van der Waals surface area contributed by atoms with Crippen LogP contribution >= 0.6 is 0 Å². The van der Waals surface area contributed by atoms with Crippen LogP contribution < -0.4 is 26.1 Å². The number of carbonyl (C=O) groups is 1. The first-order valence-corrected chi connectivity index (χ1v) is 10.5. The summed E-state index contributed by atoms with van der Waals surface area (Å²) in [5.74, 6) is -2.01. The van der Waals surface area contributed by atoms with E-state index in [9.17, 15) is 14.7 Å². The third-order valence-electron chi connectivity index (χ3n) is 6.24. The van der Waals surface area contributed by atoms with Crippen molar-refractivity contribution >= 4 is 33.9 Å². The van der Waals surface area contributed by atoms with Gasteiger partial charge in [0, 0.05) is 31.5 Å². The largest absolute Gasteiger partial charge is 0.487 e. The van der Waals surface area contributed by atoms with Crippen molar-refractivity contribution in [1.82, 2.24) is 4.57 Å². The van der Waals surface area contributed by atoms with Crippen LogP contribution in [0.25, 0.3) is 10.9 Å². The molecule has 166 valence electrons. The fourth-order valence-electron chi connectivity index (χ4n) is 4.61. The van der Waals surface area contributed by atoms with Crippen LogP contribution in [0, 0.1) is 5.82 Å². The molecule has 2 aromatic carbocycles. The van der Waals surface area contributed by atoms with Gasteiger partial charge in [0.15, 0.2) is 11.6 Å². The minimum absolute atomic E-state index is 0.0885. The number of hydrogen-bond acceptors (Lipinski definition) is 6. The number of rotatable bonds is 5. The van der Waals surface area contributed by atoms with Gasteiger partial charge >= 0.3 is 5.97 Å². The van der Waals surface area contributed by atoms with Crippen molar-refractivity contribution in [3.8, 4) is 5.75 Å². The second-order valence-corrected chi connectivity index (χ2v) is 8.19. The maximum Gasteiger partial charge on any atom is 0.341 e. The predicted molar refractivity (Wildman–Crippen MR) is 121 cm³/mol. The number of para-hydroxylation sites is 1. The van der Waals surface area contributed by atoms with Gasteiger partial charge in [-0.25, -0.2) is 9.18 Å². The van der Waals surface area contributed by atoms with E-state index in [1.54, 1.807) is 4.57 Å². The number of hydrogen-bond donors (Lipinski definition) is 3. The number of pyridine rings is 1.